The molecule has 1 rings (SSSR count). The normalized spacial score (nSPS) is 12.8. The molecule has 0 saturated carbocycles. The lowest BCUT2D eigenvalue weighted by Crippen LogP contribution is -2.50. The third-order valence-electron chi connectivity index (χ3n) is 5.87. The summed E-state index contributed by atoms with van der Waals surface area (Å²) in [5.41, 5.74) is 5.79. The SMILES string of the molecule is CC(C)(C)OC(=O)N[C@H](CN)C(=O)O.CC(C)CC(=O)OCl.CC(C)Cc1ccc(C(C)C(=O)NC[C@@H](NC(=O)OC(C)(C)C)C(=O)O)cc1. The summed E-state index contributed by atoms with van der Waals surface area (Å²) in [5, 5.41) is 24.8. The van der Waals surface area contributed by atoms with Crippen LogP contribution in [0, 0.1) is 11.8 Å². The van der Waals surface area contributed by atoms with Gasteiger partial charge in [-0.3, -0.25) is 9.59 Å². The highest BCUT2D eigenvalue weighted by atomic mass is 35.5. The molecule has 7 N–H and O–H groups in total. The molecule has 16 heteroatoms. The highest BCUT2D eigenvalue weighted by Gasteiger charge is 2.26. The number of carboxylic acid groups (broad SMARTS) is 2. The fourth-order valence-electron chi connectivity index (χ4n) is 3.61. The zero-order valence-corrected chi connectivity index (χ0v) is 31.8. The van der Waals surface area contributed by atoms with Crippen LogP contribution in [-0.2, 0) is 39.4 Å². The summed E-state index contributed by atoms with van der Waals surface area (Å²) in [6.07, 6.45) is -0.264. The zero-order chi connectivity index (χ0) is 39.4. The van der Waals surface area contributed by atoms with Gasteiger partial charge >= 0.3 is 30.1 Å². The van der Waals surface area contributed by atoms with Crippen LogP contribution >= 0.6 is 11.9 Å². The Morgan fingerprint density at radius 2 is 1.20 bits per heavy atom. The number of aliphatic carboxylic acids is 2. The summed E-state index contributed by atoms with van der Waals surface area (Å²) in [4.78, 5) is 67.4. The van der Waals surface area contributed by atoms with Crippen molar-refractivity contribution in [1.82, 2.24) is 16.0 Å². The molecule has 0 aliphatic rings. The van der Waals surface area contributed by atoms with E-state index in [0.717, 1.165) is 12.0 Å². The van der Waals surface area contributed by atoms with Crippen LogP contribution in [0.15, 0.2) is 24.3 Å². The number of carbonyl (C=O) groups excluding carboxylic acids is 4. The number of nitrogens with one attached hydrogen (secondary N) is 3. The molecule has 0 aliphatic carbocycles. The minimum absolute atomic E-state index is 0.172. The van der Waals surface area contributed by atoms with Crippen molar-refractivity contribution >= 4 is 47.9 Å². The van der Waals surface area contributed by atoms with Gasteiger partial charge < -0.3 is 45.7 Å². The first-order chi connectivity index (χ1) is 22.8. The average Bonchev–Trinajstić information content (AvgIpc) is 2.95. The molecule has 0 spiro atoms. The monoisotopic (exact) mass is 732 g/mol. The Morgan fingerprint density at radius 1 is 0.760 bits per heavy atom. The second-order valence-electron chi connectivity index (χ2n) is 14.2. The van der Waals surface area contributed by atoms with Crippen molar-refractivity contribution < 1.29 is 52.7 Å². The minimum atomic E-state index is -1.28. The molecule has 3 atom stereocenters. The number of benzene rings is 1. The average molecular weight is 733 g/mol. The van der Waals surface area contributed by atoms with Crippen molar-refractivity contribution in [3.05, 3.63) is 35.4 Å². The van der Waals surface area contributed by atoms with Crippen LogP contribution < -0.4 is 21.7 Å². The van der Waals surface area contributed by atoms with Gasteiger partial charge in [-0.05, 0) is 77.8 Å². The van der Waals surface area contributed by atoms with Gasteiger partial charge in [0, 0.05) is 19.5 Å². The number of hydrogen-bond donors (Lipinski definition) is 6. The maximum atomic E-state index is 12.4. The van der Waals surface area contributed by atoms with Crippen molar-refractivity contribution in [2.75, 3.05) is 13.1 Å². The number of halogens is 1. The number of hydrogen-bond acceptors (Lipinski definition) is 10. The predicted octanol–water partition coefficient (Wildman–Crippen LogP) is 4.74. The molecule has 50 heavy (non-hydrogen) atoms. The molecule has 0 saturated heterocycles. The van der Waals surface area contributed by atoms with Crippen LogP contribution in [0.5, 0.6) is 0 Å². The maximum Gasteiger partial charge on any atom is 0.408 e. The summed E-state index contributed by atoms with van der Waals surface area (Å²) < 4.78 is 13.8. The lowest BCUT2D eigenvalue weighted by Gasteiger charge is -2.22. The van der Waals surface area contributed by atoms with E-state index in [1.807, 2.05) is 38.1 Å². The van der Waals surface area contributed by atoms with Crippen LogP contribution in [-0.4, -0.2) is 82.6 Å². The molecule has 3 amide bonds. The molecular weight excluding hydrogens is 676 g/mol. The Kier molecular flexibility index (Phi) is 22.4. The molecule has 15 nitrogen and oxygen atoms in total. The Hall–Kier alpha value is -4.11. The van der Waals surface area contributed by atoms with Crippen molar-refractivity contribution in [2.24, 2.45) is 17.6 Å². The fourth-order valence-corrected chi connectivity index (χ4v) is 3.67. The molecule has 1 unspecified atom stereocenters. The van der Waals surface area contributed by atoms with Crippen LogP contribution in [0.2, 0.25) is 0 Å². The number of nitrogens with two attached hydrogens (primary N) is 1. The molecular formula is C34H57ClN4O11. The van der Waals surface area contributed by atoms with E-state index in [2.05, 4.69) is 34.1 Å². The van der Waals surface area contributed by atoms with Gasteiger partial charge in [-0.1, -0.05) is 52.0 Å². The molecule has 1 aromatic carbocycles. The molecule has 0 bridgehead atoms. The molecule has 0 fully saturated rings. The molecule has 0 aliphatic heterocycles. The second-order valence-corrected chi connectivity index (χ2v) is 14.3. The van der Waals surface area contributed by atoms with Gasteiger partial charge in [0.25, 0.3) is 0 Å². The number of carboxylic acids is 2. The maximum absolute atomic E-state index is 12.4. The number of carbonyl (C=O) groups is 6. The van der Waals surface area contributed by atoms with Crippen LogP contribution in [0.1, 0.15) is 99.6 Å². The topological polar surface area (TPSA) is 233 Å². The molecule has 286 valence electrons. The van der Waals surface area contributed by atoms with Gasteiger partial charge in [0.2, 0.25) is 5.91 Å². The third-order valence-corrected chi connectivity index (χ3v) is 6.04. The number of amides is 3. The lowest BCUT2D eigenvalue weighted by molar-refractivity contribution is -0.140. The van der Waals surface area contributed by atoms with Crippen LogP contribution in [0.3, 0.4) is 0 Å². The highest BCUT2D eigenvalue weighted by molar-refractivity contribution is 6.13. The van der Waals surface area contributed by atoms with E-state index in [9.17, 15) is 33.9 Å². The van der Waals surface area contributed by atoms with Gasteiger partial charge in [0.1, 0.15) is 35.2 Å². The van der Waals surface area contributed by atoms with E-state index in [1.165, 1.54) is 5.56 Å². The van der Waals surface area contributed by atoms with Crippen LogP contribution in [0.25, 0.3) is 0 Å². The minimum Gasteiger partial charge on any atom is -0.480 e. The Morgan fingerprint density at radius 3 is 1.52 bits per heavy atom. The second kappa shape index (κ2) is 23.3. The van der Waals surface area contributed by atoms with E-state index in [-0.39, 0.29) is 25.0 Å². The lowest BCUT2D eigenvalue weighted by atomic mass is 9.96. The molecule has 0 aromatic heterocycles. The van der Waals surface area contributed by atoms with Gasteiger partial charge in [-0.2, -0.15) is 0 Å². The fraction of sp³-hybridized carbons (Fsp3) is 0.647. The number of ether oxygens (including phenoxy) is 2. The summed E-state index contributed by atoms with van der Waals surface area (Å²) >= 11 is 4.75. The summed E-state index contributed by atoms with van der Waals surface area (Å²) in [7, 11) is 0. The van der Waals surface area contributed by atoms with E-state index in [4.69, 9.17) is 32.2 Å². The number of rotatable bonds is 13. The Bertz CT molecular complexity index is 1230. The van der Waals surface area contributed by atoms with E-state index >= 15 is 0 Å². The first-order valence-electron chi connectivity index (χ1n) is 16.1. The van der Waals surface area contributed by atoms with Gasteiger partial charge in [0.15, 0.2) is 0 Å². The summed E-state index contributed by atoms with van der Waals surface area (Å²) in [6.45, 7) is 19.6. The number of alkyl carbamates (subject to hydrolysis) is 2. The van der Waals surface area contributed by atoms with Crippen molar-refractivity contribution in [3.8, 4) is 0 Å². The Balaban J connectivity index is 0. The predicted molar refractivity (Wildman–Crippen MR) is 188 cm³/mol. The van der Waals surface area contributed by atoms with E-state index < -0.39 is 53.3 Å². The summed E-state index contributed by atoms with van der Waals surface area (Å²) in [6, 6.07) is 5.45. The third kappa shape index (κ3) is 24.9. The van der Waals surface area contributed by atoms with Gasteiger partial charge in [-0.15, -0.1) is 0 Å². The molecule has 1 aromatic rings. The quantitative estimate of drug-likeness (QED) is 0.162. The largest absolute Gasteiger partial charge is 0.480 e. The van der Waals surface area contributed by atoms with E-state index in [0.29, 0.717) is 18.3 Å². The molecule has 0 heterocycles. The van der Waals surface area contributed by atoms with Crippen molar-refractivity contribution in [2.45, 2.75) is 118 Å². The van der Waals surface area contributed by atoms with Gasteiger partial charge in [-0.25, -0.2) is 19.2 Å². The van der Waals surface area contributed by atoms with Crippen molar-refractivity contribution in [3.63, 3.8) is 0 Å². The van der Waals surface area contributed by atoms with Crippen molar-refractivity contribution in [1.29, 1.82) is 0 Å². The standard InChI is InChI=1S/C21H32N2O5.C8H16N2O4.C5H9ClO2/c1-13(2)11-15-7-9-16(10-8-15)14(3)18(24)22-12-17(19(25)26)23-20(27)28-21(4,5)6;1-8(2,3)14-7(13)10-5(4-9)6(11)12;1-4(2)3-5(7)8-6/h7-10,13-14,17H,11-12H2,1-6H3,(H,22,24)(H,23,27)(H,25,26);5H,4,9H2,1-3H3,(H,10,13)(H,11,12);4H,3H2,1-2H3/t14?,17-;5-;/m11./s1. The first-order valence-corrected chi connectivity index (χ1v) is 16.4. The molecule has 0 radical (unpaired) electrons. The van der Waals surface area contributed by atoms with Gasteiger partial charge in [0.05, 0.1) is 5.92 Å². The highest BCUT2D eigenvalue weighted by Crippen LogP contribution is 2.18. The summed E-state index contributed by atoms with van der Waals surface area (Å²) in [5.74, 6) is -2.67. The smallest absolute Gasteiger partial charge is 0.408 e. The first kappa shape index (κ1) is 48.0. The zero-order valence-electron chi connectivity index (χ0n) is 31.0. The Labute approximate surface area is 300 Å². The van der Waals surface area contributed by atoms with Crippen LogP contribution in [0.4, 0.5) is 9.59 Å². The van der Waals surface area contributed by atoms with E-state index in [1.54, 1.807) is 48.5 Å².